The van der Waals surface area contributed by atoms with Crippen LogP contribution >= 0.6 is 27.3 Å². The molecule has 106 valence electrons. The van der Waals surface area contributed by atoms with Crippen LogP contribution in [0.15, 0.2) is 28.2 Å². The van der Waals surface area contributed by atoms with E-state index in [2.05, 4.69) is 39.2 Å². The molecule has 0 amide bonds. The zero-order valence-corrected chi connectivity index (χ0v) is 13.7. The van der Waals surface area contributed by atoms with Gasteiger partial charge in [-0.05, 0) is 37.1 Å². The third kappa shape index (κ3) is 3.37. The van der Waals surface area contributed by atoms with Crippen molar-refractivity contribution in [1.82, 2.24) is 4.98 Å². The number of thiazole rings is 1. The summed E-state index contributed by atoms with van der Waals surface area (Å²) in [4.78, 5) is 15.9. The second-order valence-corrected chi connectivity index (χ2v) is 5.80. The van der Waals surface area contributed by atoms with Gasteiger partial charge in [0, 0.05) is 10.2 Å². The smallest absolute Gasteiger partial charge is 0.360 e. The van der Waals surface area contributed by atoms with Gasteiger partial charge in [-0.25, -0.2) is 9.78 Å². The summed E-state index contributed by atoms with van der Waals surface area (Å²) in [5.74, 6) is -0.397. The van der Waals surface area contributed by atoms with Crippen LogP contribution in [0.25, 0.3) is 0 Å². The summed E-state index contributed by atoms with van der Waals surface area (Å²) >= 11 is 4.85. The van der Waals surface area contributed by atoms with E-state index in [1.54, 1.807) is 12.4 Å². The number of esters is 1. The number of rotatable bonds is 5. The van der Waals surface area contributed by atoms with Crippen molar-refractivity contribution in [3.8, 4) is 0 Å². The molecule has 2 rings (SSSR count). The number of nitrogens with zero attached hydrogens (tertiary/aromatic N) is 1. The highest BCUT2D eigenvalue weighted by atomic mass is 79.9. The Morgan fingerprint density at radius 1 is 1.45 bits per heavy atom. The first kappa shape index (κ1) is 15.0. The molecule has 20 heavy (non-hydrogen) atoms. The minimum atomic E-state index is -0.397. The largest absolute Gasteiger partial charge is 0.461 e. The second-order valence-electron chi connectivity index (χ2n) is 4.03. The van der Waals surface area contributed by atoms with Gasteiger partial charge in [0.25, 0.3) is 0 Å². The van der Waals surface area contributed by atoms with Gasteiger partial charge in [0.05, 0.1) is 12.1 Å². The Balaban J connectivity index is 2.27. The first-order valence-corrected chi connectivity index (χ1v) is 7.99. The molecule has 1 N–H and O–H groups in total. The topological polar surface area (TPSA) is 51.2 Å². The number of hydrogen-bond acceptors (Lipinski definition) is 5. The summed E-state index contributed by atoms with van der Waals surface area (Å²) in [6, 6.07) is 6.01. The predicted molar refractivity (Wildman–Crippen MR) is 84.9 cm³/mol. The Kier molecular flexibility index (Phi) is 5.14. The zero-order chi connectivity index (χ0) is 14.5. The van der Waals surface area contributed by atoms with Crippen molar-refractivity contribution in [3.05, 3.63) is 39.4 Å². The van der Waals surface area contributed by atoms with Crippen LogP contribution < -0.4 is 5.32 Å². The molecule has 6 heteroatoms. The number of carbonyl (C=O) groups is 1. The fourth-order valence-electron chi connectivity index (χ4n) is 1.78. The Labute approximate surface area is 130 Å². The van der Waals surface area contributed by atoms with Gasteiger partial charge in [-0.1, -0.05) is 22.9 Å². The summed E-state index contributed by atoms with van der Waals surface area (Å²) in [5, 5.41) is 3.98. The molecule has 0 spiro atoms. The van der Waals surface area contributed by atoms with E-state index in [0.29, 0.717) is 17.3 Å². The zero-order valence-electron chi connectivity index (χ0n) is 11.3. The molecular formula is C14H15BrN2O2S. The minimum Gasteiger partial charge on any atom is -0.461 e. The summed E-state index contributed by atoms with van der Waals surface area (Å²) in [7, 11) is 0. The Morgan fingerprint density at radius 2 is 2.25 bits per heavy atom. The van der Waals surface area contributed by atoms with E-state index in [0.717, 1.165) is 16.6 Å². The summed E-state index contributed by atoms with van der Waals surface area (Å²) in [5.41, 5.74) is 4.12. The lowest BCUT2D eigenvalue weighted by molar-refractivity contribution is 0.0521. The number of aryl methyl sites for hydroxylation is 1. The molecule has 0 saturated carbocycles. The predicted octanol–water partition coefficient (Wildman–Crippen LogP) is 4.39. The highest BCUT2D eigenvalue weighted by molar-refractivity contribution is 9.10. The fourth-order valence-corrected chi connectivity index (χ4v) is 2.87. The molecule has 4 nitrogen and oxygen atoms in total. The van der Waals surface area contributed by atoms with Crippen LogP contribution in [0.4, 0.5) is 10.7 Å². The second kappa shape index (κ2) is 6.85. The summed E-state index contributed by atoms with van der Waals surface area (Å²) < 4.78 is 6.03. The quantitative estimate of drug-likeness (QED) is 0.809. The van der Waals surface area contributed by atoms with Crippen molar-refractivity contribution in [3.63, 3.8) is 0 Å². The number of anilines is 2. The Bertz CT molecular complexity index is 613. The molecule has 1 aromatic carbocycles. The minimum absolute atomic E-state index is 0.335. The van der Waals surface area contributed by atoms with Crippen LogP contribution in [0.1, 0.15) is 29.9 Å². The van der Waals surface area contributed by atoms with E-state index in [4.69, 9.17) is 4.74 Å². The molecule has 2 aromatic rings. The van der Waals surface area contributed by atoms with Crippen LogP contribution in [0, 0.1) is 0 Å². The average molecular weight is 355 g/mol. The lowest BCUT2D eigenvalue weighted by Gasteiger charge is -2.11. The molecular weight excluding hydrogens is 340 g/mol. The van der Waals surface area contributed by atoms with Crippen LogP contribution in [-0.4, -0.2) is 17.6 Å². The van der Waals surface area contributed by atoms with Crippen molar-refractivity contribution in [2.24, 2.45) is 0 Å². The van der Waals surface area contributed by atoms with Crippen LogP contribution in [0.3, 0.4) is 0 Å². The van der Waals surface area contributed by atoms with E-state index >= 15 is 0 Å². The maximum atomic E-state index is 11.8. The average Bonchev–Trinajstić information content (AvgIpc) is 2.89. The number of benzene rings is 1. The Hall–Kier alpha value is -1.40. The van der Waals surface area contributed by atoms with Gasteiger partial charge in [-0.2, -0.15) is 0 Å². The summed E-state index contributed by atoms with van der Waals surface area (Å²) in [6.45, 7) is 4.21. The van der Waals surface area contributed by atoms with Crippen molar-refractivity contribution in [1.29, 1.82) is 0 Å². The Morgan fingerprint density at radius 3 is 2.95 bits per heavy atom. The first-order valence-electron chi connectivity index (χ1n) is 6.31. The molecule has 1 heterocycles. The van der Waals surface area contributed by atoms with Crippen molar-refractivity contribution >= 4 is 43.9 Å². The summed E-state index contributed by atoms with van der Waals surface area (Å²) in [6.07, 6.45) is 0.898. The molecule has 0 aliphatic carbocycles. The van der Waals surface area contributed by atoms with Gasteiger partial charge in [-0.3, -0.25) is 0 Å². The monoisotopic (exact) mass is 354 g/mol. The van der Waals surface area contributed by atoms with E-state index in [9.17, 15) is 4.79 Å². The van der Waals surface area contributed by atoms with Gasteiger partial charge in [0.15, 0.2) is 5.69 Å². The molecule has 0 fully saturated rings. The first-order chi connectivity index (χ1) is 9.65. The van der Waals surface area contributed by atoms with Crippen molar-refractivity contribution < 1.29 is 9.53 Å². The molecule has 0 saturated heterocycles. The number of ether oxygens (including phenoxy) is 1. The fraction of sp³-hybridized carbons (Fsp3) is 0.286. The molecule has 0 atom stereocenters. The standard InChI is InChI=1S/C14H15BrN2O2S/c1-3-9-7-10(15)5-6-11(9)17-13-12(16-8-20-13)14(18)19-4-2/h5-8,17H,3-4H2,1-2H3. The van der Waals surface area contributed by atoms with Gasteiger partial charge in [0.2, 0.25) is 0 Å². The molecule has 0 bridgehead atoms. The molecule has 0 aliphatic rings. The van der Waals surface area contributed by atoms with Crippen molar-refractivity contribution in [2.75, 3.05) is 11.9 Å². The van der Waals surface area contributed by atoms with E-state index in [1.165, 1.54) is 16.9 Å². The van der Waals surface area contributed by atoms with Gasteiger partial charge in [-0.15, -0.1) is 11.3 Å². The van der Waals surface area contributed by atoms with Crippen LogP contribution in [0.5, 0.6) is 0 Å². The normalized spacial score (nSPS) is 10.3. The van der Waals surface area contributed by atoms with E-state index in [-0.39, 0.29) is 0 Å². The van der Waals surface area contributed by atoms with Gasteiger partial charge < -0.3 is 10.1 Å². The highest BCUT2D eigenvalue weighted by Crippen LogP contribution is 2.29. The molecule has 0 unspecified atom stereocenters. The third-order valence-electron chi connectivity index (χ3n) is 2.73. The number of hydrogen-bond donors (Lipinski definition) is 1. The molecule has 0 radical (unpaired) electrons. The third-order valence-corrected chi connectivity index (χ3v) is 3.97. The maximum Gasteiger partial charge on any atom is 0.360 e. The maximum absolute atomic E-state index is 11.8. The molecule has 0 aliphatic heterocycles. The molecule has 1 aromatic heterocycles. The van der Waals surface area contributed by atoms with Gasteiger partial charge in [0.1, 0.15) is 5.00 Å². The van der Waals surface area contributed by atoms with Gasteiger partial charge >= 0.3 is 5.97 Å². The SMILES string of the molecule is CCOC(=O)c1ncsc1Nc1ccc(Br)cc1CC. The van der Waals surface area contributed by atoms with Crippen molar-refractivity contribution in [2.45, 2.75) is 20.3 Å². The lowest BCUT2D eigenvalue weighted by Crippen LogP contribution is -2.07. The van der Waals surface area contributed by atoms with Crippen LogP contribution in [0.2, 0.25) is 0 Å². The number of carbonyl (C=O) groups excluding carboxylic acids is 1. The van der Waals surface area contributed by atoms with E-state index in [1.807, 2.05) is 12.1 Å². The number of aromatic nitrogens is 1. The number of nitrogens with one attached hydrogen (secondary N) is 1. The van der Waals surface area contributed by atoms with E-state index < -0.39 is 5.97 Å². The number of halogens is 1. The lowest BCUT2D eigenvalue weighted by atomic mass is 10.1. The highest BCUT2D eigenvalue weighted by Gasteiger charge is 2.16. The van der Waals surface area contributed by atoms with Crippen LogP contribution in [-0.2, 0) is 11.2 Å².